The number of aromatic nitrogens is 1. The maximum atomic E-state index is 13.6. The summed E-state index contributed by atoms with van der Waals surface area (Å²) >= 11 is 0. The number of nitrogens with zero attached hydrogens (tertiary/aromatic N) is 1. The number of halogens is 3. The Morgan fingerprint density at radius 2 is 1.73 bits per heavy atom. The minimum atomic E-state index is -4.53. The van der Waals surface area contributed by atoms with Gasteiger partial charge in [0.1, 0.15) is 12.4 Å². The zero-order valence-corrected chi connectivity index (χ0v) is 20.9. The Morgan fingerprint density at radius 3 is 2.41 bits per heavy atom. The summed E-state index contributed by atoms with van der Waals surface area (Å²) < 4.78 is 71.0. The van der Waals surface area contributed by atoms with E-state index >= 15 is 0 Å². The second-order valence-corrected chi connectivity index (χ2v) is 10.0. The van der Waals surface area contributed by atoms with Crippen LogP contribution in [0.25, 0.3) is 22.0 Å². The summed E-state index contributed by atoms with van der Waals surface area (Å²) in [6.07, 6.45) is -2.17. The molecule has 37 heavy (non-hydrogen) atoms. The van der Waals surface area contributed by atoms with Gasteiger partial charge in [0.2, 0.25) is 10.0 Å². The standard InChI is InChI=1S/C27H26F3N3O3S/c1-2-17-15-33-26-22(9-5-10-23(26)27(28,29)30)25(17)18-6-3-8-20(14-18)36-16-19-7-4-11-24(37(32,34)35)21(19)12-13-31/h3-11,14-15H,2,12-13,16,31H2,1H3,(H2,32,34,35). The van der Waals surface area contributed by atoms with E-state index in [1.54, 1.807) is 36.4 Å². The van der Waals surface area contributed by atoms with Crippen molar-refractivity contribution in [1.82, 2.24) is 4.98 Å². The Balaban J connectivity index is 1.74. The lowest BCUT2D eigenvalue weighted by atomic mass is 9.93. The Morgan fingerprint density at radius 1 is 1.00 bits per heavy atom. The number of para-hydroxylation sites is 1. The summed E-state index contributed by atoms with van der Waals surface area (Å²) in [7, 11) is -3.94. The van der Waals surface area contributed by atoms with Crippen LogP contribution in [0.3, 0.4) is 0 Å². The van der Waals surface area contributed by atoms with E-state index in [0.29, 0.717) is 46.2 Å². The van der Waals surface area contributed by atoms with Crippen LogP contribution < -0.4 is 15.6 Å². The van der Waals surface area contributed by atoms with Crippen LogP contribution in [-0.4, -0.2) is 19.9 Å². The van der Waals surface area contributed by atoms with E-state index in [4.69, 9.17) is 15.6 Å². The van der Waals surface area contributed by atoms with Crippen molar-refractivity contribution < 1.29 is 26.3 Å². The number of ether oxygens (including phenoxy) is 1. The predicted molar refractivity (Wildman–Crippen MR) is 136 cm³/mol. The molecule has 0 aliphatic rings. The third-order valence-corrected chi connectivity index (χ3v) is 7.11. The Labute approximate surface area is 213 Å². The molecule has 0 bridgehead atoms. The van der Waals surface area contributed by atoms with E-state index in [9.17, 15) is 21.6 Å². The molecule has 0 aliphatic heterocycles. The van der Waals surface area contributed by atoms with Crippen LogP contribution in [0, 0.1) is 0 Å². The molecule has 6 nitrogen and oxygen atoms in total. The van der Waals surface area contributed by atoms with Crippen LogP contribution in [0.5, 0.6) is 5.75 Å². The van der Waals surface area contributed by atoms with Crippen LogP contribution in [0.1, 0.15) is 29.2 Å². The Bertz CT molecular complexity index is 1550. The van der Waals surface area contributed by atoms with Crippen LogP contribution >= 0.6 is 0 Å². The molecular formula is C27H26F3N3O3S. The number of aryl methyl sites for hydroxylation is 1. The minimum absolute atomic E-state index is 0.00381. The molecule has 10 heteroatoms. The summed E-state index contributed by atoms with van der Waals surface area (Å²) in [6, 6.07) is 15.8. The van der Waals surface area contributed by atoms with Gasteiger partial charge in [-0.25, -0.2) is 13.6 Å². The number of primary sulfonamides is 1. The fourth-order valence-electron chi connectivity index (χ4n) is 4.45. The SMILES string of the molecule is CCc1cnc2c(C(F)(F)F)cccc2c1-c1cccc(OCc2cccc(S(N)(=O)=O)c2CCN)c1. The van der Waals surface area contributed by atoms with E-state index in [0.717, 1.165) is 11.6 Å². The maximum Gasteiger partial charge on any atom is 0.418 e. The molecule has 4 N–H and O–H groups in total. The molecule has 0 amide bonds. The molecule has 0 saturated carbocycles. The maximum absolute atomic E-state index is 13.6. The number of pyridine rings is 1. The number of hydrogen-bond donors (Lipinski definition) is 2. The van der Waals surface area contributed by atoms with Crippen LogP contribution in [-0.2, 0) is 35.6 Å². The topological polar surface area (TPSA) is 108 Å². The number of sulfonamides is 1. The van der Waals surface area contributed by atoms with Crippen molar-refractivity contribution in [2.45, 2.75) is 37.4 Å². The number of rotatable bonds is 8. The second kappa shape index (κ2) is 10.5. The first-order chi connectivity index (χ1) is 17.5. The number of hydrogen-bond acceptors (Lipinski definition) is 5. The largest absolute Gasteiger partial charge is 0.489 e. The highest BCUT2D eigenvalue weighted by Crippen LogP contribution is 2.39. The molecule has 0 unspecified atom stereocenters. The molecular weight excluding hydrogens is 503 g/mol. The number of alkyl halides is 3. The third-order valence-electron chi connectivity index (χ3n) is 6.11. The molecule has 0 saturated heterocycles. The zero-order valence-electron chi connectivity index (χ0n) is 20.0. The van der Waals surface area contributed by atoms with E-state index in [2.05, 4.69) is 4.98 Å². The van der Waals surface area contributed by atoms with Gasteiger partial charge in [-0.2, -0.15) is 13.2 Å². The van der Waals surface area contributed by atoms with Gasteiger partial charge in [0, 0.05) is 11.6 Å². The summed E-state index contributed by atoms with van der Waals surface area (Å²) in [6.45, 7) is 2.19. The molecule has 0 fully saturated rings. The van der Waals surface area contributed by atoms with E-state index < -0.39 is 21.8 Å². The van der Waals surface area contributed by atoms with Gasteiger partial charge in [-0.05, 0) is 71.5 Å². The van der Waals surface area contributed by atoms with Gasteiger partial charge >= 0.3 is 6.18 Å². The normalized spacial score (nSPS) is 12.2. The van der Waals surface area contributed by atoms with Gasteiger partial charge in [0.25, 0.3) is 0 Å². The quantitative estimate of drug-likeness (QED) is 0.326. The monoisotopic (exact) mass is 529 g/mol. The molecule has 0 spiro atoms. The molecule has 4 aromatic rings. The van der Waals surface area contributed by atoms with Crippen molar-refractivity contribution in [1.29, 1.82) is 0 Å². The average Bonchev–Trinajstić information content (AvgIpc) is 2.86. The van der Waals surface area contributed by atoms with Gasteiger partial charge in [0.05, 0.1) is 16.0 Å². The number of nitrogens with two attached hydrogens (primary N) is 2. The van der Waals surface area contributed by atoms with Crippen LogP contribution in [0.15, 0.2) is 71.8 Å². The van der Waals surface area contributed by atoms with E-state index in [1.807, 2.05) is 13.0 Å². The molecule has 1 heterocycles. The van der Waals surface area contributed by atoms with Crippen molar-refractivity contribution in [3.05, 3.63) is 89.1 Å². The summed E-state index contributed by atoms with van der Waals surface area (Å²) in [4.78, 5) is 4.14. The molecule has 194 valence electrons. The highest BCUT2D eigenvalue weighted by atomic mass is 32.2. The Hall–Kier alpha value is -3.47. The van der Waals surface area contributed by atoms with Gasteiger partial charge in [-0.15, -0.1) is 0 Å². The fourth-order valence-corrected chi connectivity index (χ4v) is 5.29. The van der Waals surface area contributed by atoms with Crippen molar-refractivity contribution in [3.63, 3.8) is 0 Å². The fraction of sp³-hybridized carbons (Fsp3) is 0.222. The summed E-state index contributed by atoms with van der Waals surface area (Å²) in [5, 5.41) is 5.77. The highest BCUT2D eigenvalue weighted by molar-refractivity contribution is 7.89. The molecule has 0 atom stereocenters. The lowest BCUT2D eigenvalue weighted by Gasteiger charge is -2.17. The molecule has 4 rings (SSSR count). The lowest BCUT2D eigenvalue weighted by Crippen LogP contribution is -2.18. The molecule has 1 aromatic heterocycles. The van der Waals surface area contributed by atoms with Gasteiger partial charge in [0.15, 0.2) is 0 Å². The first-order valence-electron chi connectivity index (χ1n) is 11.6. The van der Waals surface area contributed by atoms with E-state index in [-0.39, 0.29) is 23.6 Å². The van der Waals surface area contributed by atoms with Gasteiger partial charge in [-0.3, -0.25) is 4.98 Å². The van der Waals surface area contributed by atoms with Crippen LogP contribution in [0.4, 0.5) is 13.2 Å². The van der Waals surface area contributed by atoms with Gasteiger partial charge < -0.3 is 10.5 Å². The minimum Gasteiger partial charge on any atom is -0.489 e. The number of fused-ring (bicyclic) bond motifs is 1. The highest BCUT2D eigenvalue weighted by Gasteiger charge is 2.33. The summed E-state index contributed by atoms with van der Waals surface area (Å²) in [5.74, 6) is 0.469. The van der Waals surface area contributed by atoms with Crippen molar-refractivity contribution in [3.8, 4) is 16.9 Å². The zero-order chi connectivity index (χ0) is 26.8. The lowest BCUT2D eigenvalue weighted by molar-refractivity contribution is -0.136. The van der Waals surface area contributed by atoms with Crippen molar-refractivity contribution in [2.24, 2.45) is 10.9 Å². The van der Waals surface area contributed by atoms with Crippen molar-refractivity contribution >= 4 is 20.9 Å². The van der Waals surface area contributed by atoms with Crippen LogP contribution in [0.2, 0.25) is 0 Å². The summed E-state index contributed by atoms with van der Waals surface area (Å²) in [5.41, 5.74) is 8.05. The molecule has 0 aliphatic carbocycles. The first-order valence-corrected chi connectivity index (χ1v) is 13.1. The second-order valence-electron chi connectivity index (χ2n) is 8.51. The number of benzene rings is 3. The molecule has 0 radical (unpaired) electrons. The molecule has 3 aromatic carbocycles. The predicted octanol–water partition coefficient (Wildman–Crippen LogP) is 5.21. The van der Waals surface area contributed by atoms with E-state index in [1.165, 1.54) is 18.3 Å². The third kappa shape index (κ3) is 5.61. The van der Waals surface area contributed by atoms with Crippen molar-refractivity contribution in [2.75, 3.05) is 6.54 Å². The Kier molecular flexibility index (Phi) is 7.54. The average molecular weight is 530 g/mol. The van der Waals surface area contributed by atoms with Gasteiger partial charge in [-0.1, -0.05) is 43.3 Å². The first kappa shape index (κ1) is 26.6. The smallest absolute Gasteiger partial charge is 0.418 e.